The van der Waals surface area contributed by atoms with Crippen molar-refractivity contribution in [1.82, 2.24) is 19.7 Å². The number of rotatable bonds is 2. The second kappa shape index (κ2) is 6.85. The van der Waals surface area contributed by atoms with E-state index in [0.717, 1.165) is 38.3 Å². The van der Waals surface area contributed by atoms with E-state index in [2.05, 4.69) is 15.1 Å². The van der Waals surface area contributed by atoms with E-state index in [1.807, 2.05) is 25.5 Å². The maximum atomic E-state index is 12.0. The zero-order valence-electron chi connectivity index (χ0n) is 13.3. The molecule has 0 aromatic carbocycles. The molecule has 3 rings (SSSR count). The summed E-state index contributed by atoms with van der Waals surface area (Å²) in [5, 5.41) is 5.09. The van der Waals surface area contributed by atoms with Crippen LogP contribution in [0.5, 0.6) is 0 Å². The monoisotopic (exact) mass is 292 g/mol. The first-order valence-corrected chi connectivity index (χ1v) is 7.67. The minimum absolute atomic E-state index is 0.0989. The van der Waals surface area contributed by atoms with Gasteiger partial charge in [-0.2, -0.15) is 5.10 Å². The Bertz CT molecular complexity index is 653. The average Bonchev–Trinajstić information content (AvgIpc) is 2.78. The summed E-state index contributed by atoms with van der Waals surface area (Å²) in [6, 6.07) is 0. The Hall–Kier alpha value is -1.69. The van der Waals surface area contributed by atoms with Gasteiger partial charge in [0.05, 0.1) is 5.69 Å². The molecule has 3 heterocycles. The number of aromatic amines is 1. The van der Waals surface area contributed by atoms with Gasteiger partial charge in [-0.1, -0.05) is 13.8 Å². The molecule has 6 heteroatoms. The molecule has 6 nitrogen and oxygen atoms in total. The molecule has 1 aliphatic rings. The molecule has 1 saturated heterocycles. The molecule has 2 aromatic rings. The second-order valence-electron chi connectivity index (χ2n) is 5.17. The van der Waals surface area contributed by atoms with Crippen LogP contribution in [0.4, 0.5) is 0 Å². The highest BCUT2D eigenvalue weighted by molar-refractivity contribution is 5.76. The van der Waals surface area contributed by atoms with Crippen LogP contribution in [-0.4, -0.2) is 33.0 Å². The third-order valence-electron chi connectivity index (χ3n) is 3.67. The summed E-state index contributed by atoms with van der Waals surface area (Å²) in [5.74, 6) is 1.18. The highest BCUT2D eigenvalue weighted by Crippen LogP contribution is 2.19. The summed E-state index contributed by atoms with van der Waals surface area (Å²) >= 11 is 0. The minimum Gasteiger partial charge on any atom is -0.381 e. The van der Waals surface area contributed by atoms with Gasteiger partial charge in [0.2, 0.25) is 0 Å². The van der Waals surface area contributed by atoms with Crippen molar-refractivity contribution in [3.8, 4) is 0 Å². The zero-order chi connectivity index (χ0) is 15.4. The Kier molecular flexibility index (Phi) is 5.12. The lowest BCUT2D eigenvalue weighted by Gasteiger charge is -2.21. The van der Waals surface area contributed by atoms with Gasteiger partial charge in [-0.05, 0) is 32.6 Å². The van der Waals surface area contributed by atoms with Crippen LogP contribution in [-0.2, 0) is 11.3 Å². The van der Waals surface area contributed by atoms with Crippen LogP contribution >= 0.6 is 0 Å². The fourth-order valence-electron chi connectivity index (χ4n) is 2.66. The normalized spacial score (nSPS) is 15.8. The molecule has 0 unspecified atom stereocenters. The lowest BCUT2D eigenvalue weighted by molar-refractivity contribution is 0.0605. The van der Waals surface area contributed by atoms with Gasteiger partial charge in [0.25, 0.3) is 5.56 Å². The molecule has 0 radical (unpaired) electrons. The van der Waals surface area contributed by atoms with E-state index in [9.17, 15) is 4.79 Å². The van der Waals surface area contributed by atoms with Gasteiger partial charge in [0, 0.05) is 19.8 Å². The van der Waals surface area contributed by atoms with Crippen LogP contribution in [0.25, 0.3) is 11.0 Å². The van der Waals surface area contributed by atoms with Crippen LogP contribution < -0.4 is 5.56 Å². The predicted octanol–water partition coefficient (Wildman–Crippen LogP) is 2.19. The molecule has 2 aromatic heterocycles. The van der Waals surface area contributed by atoms with E-state index in [1.165, 1.54) is 0 Å². The van der Waals surface area contributed by atoms with Gasteiger partial charge in [0.15, 0.2) is 5.65 Å². The number of H-pyrrole nitrogens is 1. The van der Waals surface area contributed by atoms with Gasteiger partial charge in [-0.15, -0.1) is 0 Å². The van der Waals surface area contributed by atoms with E-state index in [-0.39, 0.29) is 5.56 Å². The van der Waals surface area contributed by atoms with Crippen LogP contribution in [0.3, 0.4) is 0 Å². The molecular formula is C15H24N4O2. The molecule has 0 saturated carbocycles. The summed E-state index contributed by atoms with van der Waals surface area (Å²) in [5.41, 5.74) is 1.35. The summed E-state index contributed by atoms with van der Waals surface area (Å²) in [6.45, 7) is 10.1. The third-order valence-corrected chi connectivity index (χ3v) is 3.67. The largest absolute Gasteiger partial charge is 0.381 e. The van der Waals surface area contributed by atoms with E-state index in [4.69, 9.17) is 4.74 Å². The number of aryl methyl sites for hydroxylation is 2. The van der Waals surface area contributed by atoms with Crippen molar-refractivity contribution < 1.29 is 4.74 Å². The van der Waals surface area contributed by atoms with E-state index >= 15 is 0 Å². The van der Waals surface area contributed by atoms with Gasteiger partial charge < -0.3 is 9.72 Å². The number of hydrogen-bond acceptors (Lipinski definition) is 4. The summed E-state index contributed by atoms with van der Waals surface area (Å²) in [6.07, 6.45) is 2.09. The van der Waals surface area contributed by atoms with Gasteiger partial charge in [-0.3, -0.25) is 4.79 Å². The fourth-order valence-corrected chi connectivity index (χ4v) is 2.66. The number of ether oxygens (including phenoxy) is 1. The van der Waals surface area contributed by atoms with Crippen molar-refractivity contribution in [2.24, 2.45) is 5.92 Å². The Morgan fingerprint density at radius 3 is 2.62 bits per heavy atom. The fraction of sp³-hybridized carbons (Fsp3) is 0.667. The molecule has 1 N–H and O–H groups in total. The molecule has 0 amide bonds. The lowest BCUT2D eigenvalue weighted by Crippen LogP contribution is -2.21. The molecule has 0 bridgehead atoms. The van der Waals surface area contributed by atoms with E-state index < -0.39 is 0 Å². The first kappa shape index (κ1) is 15.7. The van der Waals surface area contributed by atoms with Crippen molar-refractivity contribution in [3.63, 3.8) is 0 Å². The van der Waals surface area contributed by atoms with Crippen molar-refractivity contribution >= 4 is 11.0 Å². The standard InChI is InChI=1S/C13H18N4O2.C2H6/c1-8-11-12(14-9(2)15-13(11)18)17(16-8)7-10-3-5-19-6-4-10;1-2/h10H,3-7H2,1-2H3,(H,14,15,18);1-2H3. The summed E-state index contributed by atoms with van der Waals surface area (Å²) < 4.78 is 7.25. The van der Waals surface area contributed by atoms with Crippen LogP contribution in [0.15, 0.2) is 4.79 Å². The van der Waals surface area contributed by atoms with Gasteiger partial charge >= 0.3 is 0 Å². The summed E-state index contributed by atoms with van der Waals surface area (Å²) in [7, 11) is 0. The first-order valence-electron chi connectivity index (χ1n) is 7.67. The van der Waals surface area contributed by atoms with E-state index in [0.29, 0.717) is 22.8 Å². The highest BCUT2D eigenvalue weighted by Gasteiger charge is 2.18. The van der Waals surface area contributed by atoms with Gasteiger partial charge in [-0.25, -0.2) is 9.67 Å². The van der Waals surface area contributed by atoms with Crippen molar-refractivity contribution in [2.45, 2.75) is 47.1 Å². The first-order chi connectivity index (χ1) is 10.1. The molecule has 0 aliphatic carbocycles. The van der Waals surface area contributed by atoms with E-state index in [1.54, 1.807) is 6.92 Å². The Labute approximate surface area is 124 Å². The van der Waals surface area contributed by atoms with Gasteiger partial charge in [0.1, 0.15) is 11.2 Å². The maximum absolute atomic E-state index is 12.0. The number of fused-ring (bicyclic) bond motifs is 1. The maximum Gasteiger partial charge on any atom is 0.262 e. The number of aromatic nitrogens is 4. The Morgan fingerprint density at radius 2 is 1.95 bits per heavy atom. The predicted molar refractivity (Wildman–Crippen MR) is 82.5 cm³/mol. The lowest BCUT2D eigenvalue weighted by atomic mass is 10.0. The molecular weight excluding hydrogens is 268 g/mol. The van der Waals surface area contributed by atoms with Crippen molar-refractivity contribution in [3.05, 3.63) is 21.9 Å². The second-order valence-corrected chi connectivity index (χ2v) is 5.17. The van der Waals surface area contributed by atoms with Crippen molar-refractivity contribution in [2.75, 3.05) is 13.2 Å². The topological polar surface area (TPSA) is 72.8 Å². The zero-order valence-corrected chi connectivity index (χ0v) is 13.3. The smallest absolute Gasteiger partial charge is 0.262 e. The minimum atomic E-state index is -0.0989. The number of nitrogens with zero attached hydrogens (tertiary/aromatic N) is 3. The van der Waals surface area contributed by atoms with Crippen LogP contribution in [0, 0.1) is 19.8 Å². The summed E-state index contributed by atoms with van der Waals surface area (Å²) in [4.78, 5) is 19.1. The molecule has 116 valence electrons. The highest BCUT2D eigenvalue weighted by atomic mass is 16.5. The third kappa shape index (κ3) is 3.32. The van der Waals surface area contributed by atoms with Crippen LogP contribution in [0.1, 0.15) is 38.2 Å². The molecule has 0 spiro atoms. The Balaban J connectivity index is 0.000000774. The number of hydrogen-bond donors (Lipinski definition) is 1. The average molecular weight is 292 g/mol. The Morgan fingerprint density at radius 1 is 1.29 bits per heavy atom. The number of nitrogens with one attached hydrogen (secondary N) is 1. The van der Waals surface area contributed by atoms with Crippen LogP contribution in [0.2, 0.25) is 0 Å². The molecule has 21 heavy (non-hydrogen) atoms. The molecule has 1 fully saturated rings. The quantitative estimate of drug-likeness (QED) is 0.921. The molecule has 0 atom stereocenters. The molecule has 1 aliphatic heterocycles. The van der Waals surface area contributed by atoms with Crippen molar-refractivity contribution in [1.29, 1.82) is 0 Å². The SMILES string of the molecule is CC.Cc1nc2c(c(C)nn2CC2CCOCC2)c(=O)[nH]1.